The molecule has 2 amide bonds. The number of carbonyl (C=O) groups excluding carboxylic acids is 2. The summed E-state index contributed by atoms with van der Waals surface area (Å²) in [5.41, 5.74) is 0. The Morgan fingerprint density at radius 1 is 1.08 bits per heavy atom. The Hall–Kier alpha value is -1.58. The minimum Gasteiger partial charge on any atom is -0.296 e. The largest absolute Gasteiger partial charge is 0.328 e. The lowest BCUT2D eigenvalue weighted by atomic mass is 10.3. The predicted octanol–water partition coefficient (Wildman–Crippen LogP) is 0.580. The molecule has 0 unspecified atom stereocenters. The molecule has 0 aliphatic carbocycles. The molecule has 1 saturated heterocycles. The summed E-state index contributed by atoms with van der Waals surface area (Å²) in [5.74, 6) is -0.0191. The molecular formula is C8H10N2O2. The first-order chi connectivity index (χ1) is 5.69. The van der Waals surface area contributed by atoms with E-state index >= 15 is 0 Å². The van der Waals surface area contributed by atoms with E-state index < -0.39 is 0 Å². The number of hydrogen-bond donors (Lipinski definition) is 0. The Balaban J connectivity index is 2.80. The molecule has 12 heavy (non-hydrogen) atoms. The van der Waals surface area contributed by atoms with E-state index in [4.69, 9.17) is 0 Å². The predicted molar refractivity (Wildman–Crippen MR) is 44.2 cm³/mol. The van der Waals surface area contributed by atoms with E-state index in [9.17, 15) is 9.59 Å². The van der Waals surface area contributed by atoms with Crippen molar-refractivity contribution in [3.05, 3.63) is 25.6 Å². The highest BCUT2D eigenvalue weighted by molar-refractivity contribution is 5.94. The van der Waals surface area contributed by atoms with Gasteiger partial charge >= 0.3 is 6.03 Å². The molecule has 0 aromatic rings. The van der Waals surface area contributed by atoms with Crippen LogP contribution in [-0.4, -0.2) is 34.7 Å². The molecule has 1 heterocycles. The zero-order valence-electron chi connectivity index (χ0n) is 6.69. The Morgan fingerprint density at radius 3 is 1.83 bits per heavy atom. The van der Waals surface area contributed by atoms with E-state index in [1.807, 2.05) is 0 Å². The van der Waals surface area contributed by atoms with Crippen LogP contribution in [0.1, 0.15) is 0 Å². The van der Waals surface area contributed by atoms with Crippen LogP contribution in [0.4, 0.5) is 4.79 Å². The van der Waals surface area contributed by atoms with Crippen LogP contribution in [0.3, 0.4) is 0 Å². The van der Waals surface area contributed by atoms with Crippen molar-refractivity contribution in [2.45, 2.75) is 0 Å². The maximum Gasteiger partial charge on any atom is 0.328 e. The fourth-order valence-electron chi connectivity index (χ4n) is 1.02. The van der Waals surface area contributed by atoms with E-state index in [2.05, 4.69) is 13.2 Å². The normalized spacial score (nSPS) is 18.0. The van der Waals surface area contributed by atoms with Crippen LogP contribution in [0.2, 0.25) is 0 Å². The molecule has 0 aromatic heterocycles. The quantitative estimate of drug-likeness (QED) is 0.602. The fourth-order valence-corrected chi connectivity index (χ4v) is 1.02. The fraction of sp³-hybridized carbons (Fsp3) is 0.250. The summed E-state index contributed by atoms with van der Waals surface area (Å²) in [4.78, 5) is 24.8. The zero-order chi connectivity index (χ0) is 9.14. The highest BCUT2D eigenvalue weighted by atomic mass is 16.2. The number of nitrogens with zero attached hydrogens (tertiary/aromatic N) is 2. The van der Waals surface area contributed by atoms with Gasteiger partial charge in [0.25, 0.3) is 0 Å². The van der Waals surface area contributed by atoms with Crippen LogP contribution >= 0.6 is 0 Å². The Labute approximate surface area is 70.8 Å². The third-order valence-corrected chi connectivity index (χ3v) is 1.63. The van der Waals surface area contributed by atoms with Gasteiger partial charge in [0.1, 0.15) is 0 Å². The van der Waals surface area contributed by atoms with Crippen molar-refractivity contribution < 1.29 is 9.59 Å². The maximum atomic E-state index is 11.3. The van der Waals surface area contributed by atoms with Crippen LogP contribution in [0.25, 0.3) is 0 Å². The van der Waals surface area contributed by atoms with Crippen molar-refractivity contribution in [1.82, 2.24) is 9.80 Å². The van der Waals surface area contributed by atoms with Gasteiger partial charge in [-0.15, -0.1) is 0 Å². The zero-order valence-corrected chi connectivity index (χ0v) is 6.69. The van der Waals surface area contributed by atoms with Crippen LogP contribution in [-0.2, 0) is 4.79 Å². The number of carbonyl (C=O) groups is 2. The molecular weight excluding hydrogens is 156 g/mol. The molecule has 1 fully saturated rings. The Morgan fingerprint density at radius 2 is 1.50 bits per heavy atom. The van der Waals surface area contributed by atoms with Crippen LogP contribution < -0.4 is 0 Å². The van der Waals surface area contributed by atoms with Gasteiger partial charge in [-0.3, -0.25) is 14.6 Å². The van der Waals surface area contributed by atoms with E-state index in [-0.39, 0.29) is 24.9 Å². The molecule has 64 valence electrons. The molecule has 0 spiro atoms. The van der Waals surface area contributed by atoms with Crippen molar-refractivity contribution in [2.75, 3.05) is 13.1 Å². The summed E-state index contributed by atoms with van der Waals surface area (Å²) in [6.45, 7) is 7.10. The van der Waals surface area contributed by atoms with E-state index in [1.165, 1.54) is 22.2 Å². The molecule has 4 heteroatoms. The topological polar surface area (TPSA) is 40.6 Å². The minimum absolute atomic E-state index is 0.0191. The SMILES string of the molecule is C=CN1CC(=O)CN(C=C)C1=O. The number of amides is 2. The van der Waals surface area contributed by atoms with Crippen molar-refractivity contribution in [1.29, 1.82) is 0 Å². The van der Waals surface area contributed by atoms with E-state index in [1.54, 1.807) is 0 Å². The molecule has 0 aromatic carbocycles. The molecule has 1 aliphatic heterocycles. The lowest BCUT2D eigenvalue weighted by molar-refractivity contribution is -0.121. The average molecular weight is 166 g/mol. The molecule has 4 nitrogen and oxygen atoms in total. The van der Waals surface area contributed by atoms with Gasteiger partial charge in [-0.05, 0) is 0 Å². The van der Waals surface area contributed by atoms with Gasteiger partial charge in [-0.2, -0.15) is 0 Å². The smallest absolute Gasteiger partial charge is 0.296 e. The first-order valence-electron chi connectivity index (χ1n) is 3.53. The second-order valence-corrected chi connectivity index (χ2v) is 2.44. The lowest BCUT2D eigenvalue weighted by Gasteiger charge is -2.29. The summed E-state index contributed by atoms with van der Waals surface area (Å²) in [7, 11) is 0. The third-order valence-electron chi connectivity index (χ3n) is 1.63. The third kappa shape index (κ3) is 1.37. The molecule has 1 aliphatic rings. The van der Waals surface area contributed by atoms with Gasteiger partial charge in [0, 0.05) is 12.4 Å². The van der Waals surface area contributed by atoms with E-state index in [0.29, 0.717) is 0 Å². The van der Waals surface area contributed by atoms with Gasteiger partial charge in [-0.1, -0.05) is 13.2 Å². The van der Waals surface area contributed by atoms with Gasteiger partial charge in [-0.25, -0.2) is 4.79 Å². The second-order valence-electron chi connectivity index (χ2n) is 2.44. The molecule has 1 rings (SSSR count). The van der Waals surface area contributed by atoms with Crippen LogP contribution in [0.5, 0.6) is 0 Å². The molecule has 0 bridgehead atoms. The average Bonchev–Trinajstić information content (AvgIpc) is 2.08. The molecule has 0 radical (unpaired) electrons. The van der Waals surface area contributed by atoms with Crippen molar-refractivity contribution in [3.63, 3.8) is 0 Å². The van der Waals surface area contributed by atoms with Gasteiger partial charge in [0.2, 0.25) is 0 Å². The number of hydrogen-bond acceptors (Lipinski definition) is 2. The first-order valence-corrected chi connectivity index (χ1v) is 3.53. The summed E-state index contributed by atoms with van der Waals surface area (Å²) in [6, 6.07) is -0.250. The van der Waals surface area contributed by atoms with Crippen molar-refractivity contribution in [2.24, 2.45) is 0 Å². The van der Waals surface area contributed by atoms with E-state index in [0.717, 1.165) is 0 Å². The Kier molecular flexibility index (Phi) is 2.28. The summed E-state index contributed by atoms with van der Waals surface area (Å²) < 4.78 is 0. The van der Waals surface area contributed by atoms with Gasteiger partial charge in [0.05, 0.1) is 13.1 Å². The lowest BCUT2D eigenvalue weighted by Crippen LogP contribution is -2.49. The minimum atomic E-state index is -0.250. The van der Waals surface area contributed by atoms with Crippen molar-refractivity contribution in [3.8, 4) is 0 Å². The highest BCUT2D eigenvalue weighted by Gasteiger charge is 2.26. The second kappa shape index (κ2) is 3.21. The Bertz CT molecular complexity index is 225. The first kappa shape index (κ1) is 8.52. The summed E-state index contributed by atoms with van der Waals surface area (Å²) in [5, 5.41) is 0. The van der Waals surface area contributed by atoms with Gasteiger partial charge < -0.3 is 0 Å². The molecule has 0 atom stereocenters. The van der Waals surface area contributed by atoms with Gasteiger partial charge in [0.15, 0.2) is 5.78 Å². The number of urea groups is 1. The number of Topliss-reactive ketones (excluding diaryl/α,β-unsaturated/α-hetero) is 1. The monoisotopic (exact) mass is 166 g/mol. The highest BCUT2D eigenvalue weighted by Crippen LogP contribution is 2.06. The standard InChI is InChI=1S/C8H10N2O2/c1-3-9-5-7(11)6-10(4-2)8(9)12/h3-4H,1-2,5-6H2. The maximum absolute atomic E-state index is 11.3. The van der Waals surface area contributed by atoms with Crippen molar-refractivity contribution >= 4 is 11.8 Å². The number of ketones is 1. The summed E-state index contributed by atoms with van der Waals surface area (Å²) in [6.07, 6.45) is 2.69. The molecule has 0 N–H and O–H groups in total. The van der Waals surface area contributed by atoms with Crippen LogP contribution in [0, 0.1) is 0 Å². The summed E-state index contributed by atoms with van der Waals surface area (Å²) >= 11 is 0. The van der Waals surface area contributed by atoms with Crippen LogP contribution in [0.15, 0.2) is 25.6 Å². The molecule has 0 saturated carbocycles. The number of rotatable bonds is 2.